The molecule has 94 valence electrons. The van der Waals surface area contributed by atoms with Gasteiger partial charge in [-0.25, -0.2) is 4.98 Å². The van der Waals surface area contributed by atoms with Gasteiger partial charge in [0.15, 0.2) is 5.78 Å². The van der Waals surface area contributed by atoms with Crippen LogP contribution >= 0.6 is 0 Å². The van der Waals surface area contributed by atoms with E-state index < -0.39 is 0 Å². The number of ketones is 1. The van der Waals surface area contributed by atoms with Gasteiger partial charge in [-0.15, -0.1) is 0 Å². The summed E-state index contributed by atoms with van der Waals surface area (Å²) in [6.45, 7) is 6.04. The molecule has 0 amide bonds. The lowest BCUT2D eigenvalue weighted by molar-refractivity contribution is -0.143. The predicted octanol–water partition coefficient (Wildman–Crippen LogP) is 1.99. The molecule has 0 radical (unpaired) electrons. The van der Waals surface area contributed by atoms with Crippen molar-refractivity contribution in [3.63, 3.8) is 0 Å². The van der Waals surface area contributed by atoms with Gasteiger partial charge in [-0.05, 0) is 20.8 Å². The van der Waals surface area contributed by atoms with E-state index in [2.05, 4.69) is 4.98 Å². The lowest BCUT2D eigenvalue weighted by Crippen LogP contribution is -2.12. The summed E-state index contributed by atoms with van der Waals surface area (Å²) in [5.41, 5.74) is 0.546. The molecule has 1 aromatic rings. The third-order valence-corrected chi connectivity index (χ3v) is 2.37. The zero-order chi connectivity index (χ0) is 12.8. The van der Waals surface area contributed by atoms with Gasteiger partial charge in [-0.3, -0.25) is 9.59 Å². The van der Waals surface area contributed by atoms with Crippen molar-refractivity contribution in [1.29, 1.82) is 0 Å². The molecule has 0 aliphatic heterocycles. The second kappa shape index (κ2) is 6.18. The second-order valence-corrected chi connectivity index (χ2v) is 4.01. The Morgan fingerprint density at radius 3 is 2.71 bits per heavy atom. The number of carbonyl (C=O) groups is 2. The van der Waals surface area contributed by atoms with Crippen LogP contribution in [0.1, 0.15) is 50.1 Å². The summed E-state index contributed by atoms with van der Waals surface area (Å²) in [7, 11) is 0. The van der Waals surface area contributed by atoms with E-state index in [1.165, 1.54) is 6.20 Å². The highest BCUT2D eigenvalue weighted by molar-refractivity contribution is 5.96. The highest BCUT2D eigenvalue weighted by Gasteiger charge is 2.15. The van der Waals surface area contributed by atoms with Crippen molar-refractivity contribution in [2.75, 3.05) is 6.61 Å². The van der Waals surface area contributed by atoms with Crippen LogP contribution in [0.3, 0.4) is 0 Å². The summed E-state index contributed by atoms with van der Waals surface area (Å²) in [6.07, 6.45) is 3.45. The second-order valence-electron chi connectivity index (χ2n) is 4.01. The average molecular weight is 238 g/mol. The van der Waals surface area contributed by atoms with Gasteiger partial charge in [-0.1, -0.05) is 0 Å². The zero-order valence-corrected chi connectivity index (χ0v) is 10.5. The molecule has 0 fully saturated rings. The average Bonchev–Trinajstić information content (AvgIpc) is 2.75. The van der Waals surface area contributed by atoms with Crippen LogP contribution in [0.5, 0.6) is 0 Å². The topological polar surface area (TPSA) is 61.2 Å². The Bertz CT molecular complexity index is 396. The maximum Gasteiger partial charge on any atom is 0.306 e. The van der Waals surface area contributed by atoms with Crippen LogP contribution in [0.4, 0.5) is 0 Å². The van der Waals surface area contributed by atoms with Crippen molar-refractivity contribution in [1.82, 2.24) is 9.55 Å². The van der Waals surface area contributed by atoms with Crippen LogP contribution in [0, 0.1) is 0 Å². The number of aromatic nitrogens is 2. The highest BCUT2D eigenvalue weighted by Crippen LogP contribution is 2.12. The number of esters is 1. The van der Waals surface area contributed by atoms with E-state index >= 15 is 0 Å². The summed E-state index contributed by atoms with van der Waals surface area (Å²) >= 11 is 0. The van der Waals surface area contributed by atoms with E-state index in [4.69, 9.17) is 4.74 Å². The molecule has 0 aliphatic rings. The molecule has 0 saturated carbocycles. The Labute approximate surface area is 101 Å². The van der Waals surface area contributed by atoms with Gasteiger partial charge in [0.1, 0.15) is 5.69 Å². The minimum absolute atomic E-state index is 0.0794. The number of Topliss-reactive ketones (excluding diaryl/α,β-unsaturated/α-hetero) is 1. The van der Waals surface area contributed by atoms with Crippen molar-refractivity contribution >= 4 is 11.8 Å². The smallest absolute Gasteiger partial charge is 0.306 e. The molecule has 0 unspecified atom stereocenters. The van der Waals surface area contributed by atoms with Gasteiger partial charge in [0, 0.05) is 12.5 Å². The third kappa shape index (κ3) is 3.69. The molecule has 0 bridgehead atoms. The third-order valence-electron chi connectivity index (χ3n) is 2.37. The van der Waals surface area contributed by atoms with Gasteiger partial charge in [0.25, 0.3) is 0 Å². The number of rotatable bonds is 6. The van der Waals surface area contributed by atoms with E-state index in [0.29, 0.717) is 12.3 Å². The maximum absolute atomic E-state index is 11.9. The van der Waals surface area contributed by atoms with Gasteiger partial charge in [0.2, 0.25) is 0 Å². The fraction of sp³-hybridized carbons (Fsp3) is 0.583. The Kier molecular flexibility index (Phi) is 4.87. The number of nitrogens with zero attached hydrogens (tertiary/aromatic N) is 2. The molecule has 0 N–H and O–H groups in total. The van der Waals surface area contributed by atoms with Crippen LogP contribution in [0.2, 0.25) is 0 Å². The predicted molar refractivity (Wildman–Crippen MR) is 62.8 cm³/mol. The van der Waals surface area contributed by atoms with Crippen LogP contribution in [0.25, 0.3) is 0 Å². The molecule has 0 aliphatic carbocycles. The van der Waals surface area contributed by atoms with Gasteiger partial charge >= 0.3 is 5.97 Å². The van der Waals surface area contributed by atoms with Gasteiger partial charge in [0.05, 0.1) is 25.6 Å². The normalized spacial score (nSPS) is 10.6. The zero-order valence-electron chi connectivity index (χ0n) is 10.5. The van der Waals surface area contributed by atoms with E-state index in [-0.39, 0.29) is 30.6 Å². The number of carbonyl (C=O) groups excluding carboxylic acids is 2. The quantitative estimate of drug-likeness (QED) is 0.561. The first-order valence-electron chi connectivity index (χ1n) is 5.77. The Hall–Kier alpha value is -1.65. The Balaban J connectivity index is 2.58. The van der Waals surface area contributed by atoms with Crippen molar-refractivity contribution in [3.8, 4) is 0 Å². The van der Waals surface area contributed by atoms with Gasteiger partial charge < -0.3 is 9.30 Å². The summed E-state index contributed by atoms with van der Waals surface area (Å²) in [5, 5.41) is 0. The number of imidazole rings is 1. The number of ether oxygens (including phenoxy) is 1. The summed E-state index contributed by atoms with van der Waals surface area (Å²) in [6, 6.07) is 0.180. The first-order chi connectivity index (χ1) is 8.06. The standard InChI is InChI=1S/C12H18N2O3/c1-4-17-12(16)6-5-11(15)10-7-13-8-14(10)9(2)3/h7-9H,4-6H2,1-3H3. The summed E-state index contributed by atoms with van der Waals surface area (Å²) < 4.78 is 6.57. The molecule has 0 aromatic carbocycles. The minimum atomic E-state index is -0.337. The largest absolute Gasteiger partial charge is 0.466 e. The molecular weight excluding hydrogens is 220 g/mol. The van der Waals surface area contributed by atoms with Crippen molar-refractivity contribution in [2.45, 2.75) is 39.7 Å². The van der Waals surface area contributed by atoms with Crippen molar-refractivity contribution in [2.24, 2.45) is 0 Å². The highest BCUT2D eigenvalue weighted by atomic mass is 16.5. The van der Waals surface area contributed by atoms with E-state index in [1.54, 1.807) is 17.8 Å². The van der Waals surface area contributed by atoms with Crippen molar-refractivity contribution < 1.29 is 14.3 Å². The fourth-order valence-electron chi connectivity index (χ4n) is 1.51. The van der Waals surface area contributed by atoms with Crippen molar-refractivity contribution in [3.05, 3.63) is 18.2 Å². The van der Waals surface area contributed by atoms with E-state index in [9.17, 15) is 9.59 Å². The SMILES string of the molecule is CCOC(=O)CCC(=O)c1cncn1C(C)C. The number of hydrogen-bond acceptors (Lipinski definition) is 4. The minimum Gasteiger partial charge on any atom is -0.466 e. The van der Waals surface area contributed by atoms with Crippen LogP contribution in [-0.2, 0) is 9.53 Å². The van der Waals surface area contributed by atoms with Crippen LogP contribution in [-0.4, -0.2) is 27.9 Å². The molecule has 5 nitrogen and oxygen atoms in total. The Morgan fingerprint density at radius 2 is 2.12 bits per heavy atom. The first-order valence-corrected chi connectivity index (χ1v) is 5.77. The molecule has 0 spiro atoms. The summed E-state index contributed by atoms with van der Waals surface area (Å²) in [5.74, 6) is -0.416. The molecular formula is C12H18N2O3. The molecule has 0 atom stereocenters. The molecule has 1 aromatic heterocycles. The van der Waals surface area contributed by atoms with Crippen LogP contribution in [0.15, 0.2) is 12.5 Å². The van der Waals surface area contributed by atoms with E-state index in [1.807, 2.05) is 13.8 Å². The molecule has 1 heterocycles. The molecule has 5 heteroatoms. The first kappa shape index (κ1) is 13.4. The monoisotopic (exact) mass is 238 g/mol. The molecule has 0 saturated heterocycles. The Morgan fingerprint density at radius 1 is 1.41 bits per heavy atom. The van der Waals surface area contributed by atoms with E-state index in [0.717, 1.165) is 0 Å². The lowest BCUT2D eigenvalue weighted by atomic mass is 10.1. The molecule has 1 rings (SSSR count). The fourth-order valence-corrected chi connectivity index (χ4v) is 1.51. The van der Waals surface area contributed by atoms with Gasteiger partial charge in [-0.2, -0.15) is 0 Å². The number of hydrogen-bond donors (Lipinski definition) is 0. The lowest BCUT2D eigenvalue weighted by Gasteiger charge is -2.10. The molecule has 17 heavy (non-hydrogen) atoms. The van der Waals surface area contributed by atoms with Crippen LogP contribution < -0.4 is 0 Å². The maximum atomic E-state index is 11.9. The summed E-state index contributed by atoms with van der Waals surface area (Å²) in [4.78, 5) is 27.0.